The Kier molecular flexibility index (Phi) is 7.25. The number of para-hydroxylation sites is 2. The molecule has 0 saturated carbocycles. The SMILES string of the molecule is COc1ccc(-n2c(SCC(=O)Nc3ccc(Cl)cc3C(=O)c3ccccc3)nc3ccccc32)cc1. The number of benzene rings is 4. The molecule has 0 radical (unpaired) electrons. The number of amides is 1. The highest BCUT2D eigenvalue weighted by Gasteiger charge is 2.18. The van der Waals surface area contributed by atoms with E-state index in [1.807, 2.05) is 59.2 Å². The second-order valence-corrected chi connectivity index (χ2v) is 9.52. The molecule has 0 aliphatic heterocycles. The van der Waals surface area contributed by atoms with Crippen molar-refractivity contribution in [2.45, 2.75) is 5.16 Å². The number of methoxy groups -OCH3 is 1. The molecule has 0 spiro atoms. The number of carbonyl (C=O) groups excluding carboxylic acids is 2. The van der Waals surface area contributed by atoms with Gasteiger partial charge in [-0.25, -0.2) is 4.98 Å². The smallest absolute Gasteiger partial charge is 0.234 e. The second kappa shape index (κ2) is 10.9. The van der Waals surface area contributed by atoms with Crippen LogP contribution in [0.5, 0.6) is 5.75 Å². The molecule has 4 aromatic carbocycles. The van der Waals surface area contributed by atoms with E-state index >= 15 is 0 Å². The molecule has 0 atom stereocenters. The Morgan fingerprint density at radius 3 is 2.43 bits per heavy atom. The molecule has 0 fully saturated rings. The summed E-state index contributed by atoms with van der Waals surface area (Å²) in [5, 5.41) is 3.97. The Morgan fingerprint density at radius 1 is 0.946 bits per heavy atom. The lowest BCUT2D eigenvalue weighted by Gasteiger charge is -2.12. The Morgan fingerprint density at radius 2 is 1.68 bits per heavy atom. The normalized spacial score (nSPS) is 10.9. The zero-order valence-electron chi connectivity index (χ0n) is 19.9. The lowest BCUT2D eigenvalue weighted by atomic mass is 10.0. The first-order valence-corrected chi connectivity index (χ1v) is 12.8. The van der Waals surface area contributed by atoms with E-state index in [1.165, 1.54) is 11.8 Å². The third-order valence-corrected chi connectivity index (χ3v) is 6.90. The van der Waals surface area contributed by atoms with Gasteiger partial charge < -0.3 is 10.1 Å². The number of imidazole rings is 1. The van der Waals surface area contributed by atoms with E-state index in [1.54, 1.807) is 49.6 Å². The molecular formula is C29H22ClN3O3S. The molecule has 1 N–H and O–H groups in total. The fraction of sp³-hybridized carbons (Fsp3) is 0.0690. The van der Waals surface area contributed by atoms with Crippen LogP contribution in [0.2, 0.25) is 5.02 Å². The maximum absolute atomic E-state index is 13.1. The summed E-state index contributed by atoms with van der Waals surface area (Å²) < 4.78 is 7.30. The lowest BCUT2D eigenvalue weighted by molar-refractivity contribution is -0.113. The zero-order chi connectivity index (χ0) is 25.8. The van der Waals surface area contributed by atoms with Gasteiger partial charge in [0, 0.05) is 21.8 Å². The molecule has 37 heavy (non-hydrogen) atoms. The number of nitrogens with one attached hydrogen (secondary N) is 1. The average molecular weight is 528 g/mol. The summed E-state index contributed by atoms with van der Waals surface area (Å²) in [5.74, 6) is 0.377. The average Bonchev–Trinajstić information content (AvgIpc) is 3.31. The van der Waals surface area contributed by atoms with E-state index < -0.39 is 0 Å². The Labute approximate surface area is 223 Å². The van der Waals surface area contributed by atoms with Crippen LogP contribution in [0, 0.1) is 0 Å². The third kappa shape index (κ3) is 5.38. The van der Waals surface area contributed by atoms with E-state index in [9.17, 15) is 9.59 Å². The number of ether oxygens (including phenoxy) is 1. The van der Waals surface area contributed by atoms with Crippen LogP contribution in [0.25, 0.3) is 16.7 Å². The molecule has 0 bridgehead atoms. The molecule has 0 unspecified atom stereocenters. The van der Waals surface area contributed by atoms with Gasteiger partial charge in [0.15, 0.2) is 10.9 Å². The molecule has 184 valence electrons. The largest absolute Gasteiger partial charge is 0.497 e. The van der Waals surface area contributed by atoms with Gasteiger partial charge in [-0.2, -0.15) is 0 Å². The first-order valence-electron chi connectivity index (χ1n) is 11.5. The maximum atomic E-state index is 13.1. The van der Waals surface area contributed by atoms with Gasteiger partial charge in [0.2, 0.25) is 5.91 Å². The van der Waals surface area contributed by atoms with Gasteiger partial charge in [0.05, 0.1) is 29.6 Å². The zero-order valence-corrected chi connectivity index (χ0v) is 21.4. The molecule has 1 aromatic heterocycles. The number of aromatic nitrogens is 2. The molecule has 5 aromatic rings. The van der Waals surface area contributed by atoms with Crippen LogP contribution in [-0.2, 0) is 4.79 Å². The first kappa shape index (κ1) is 24.6. The van der Waals surface area contributed by atoms with Crippen molar-refractivity contribution in [2.75, 3.05) is 18.2 Å². The van der Waals surface area contributed by atoms with Gasteiger partial charge in [-0.05, 0) is 54.6 Å². The number of ketones is 1. The molecule has 5 rings (SSSR count). The number of rotatable bonds is 8. The Bertz CT molecular complexity index is 1580. The molecular weight excluding hydrogens is 506 g/mol. The first-order chi connectivity index (χ1) is 18.0. The summed E-state index contributed by atoms with van der Waals surface area (Å²) >= 11 is 7.49. The fourth-order valence-corrected chi connectivity index (χ4v) is 4.96. The molecule has 0 saturated heterocycles. The summed E-state index contributed by atoms with van der Waals surface area (Å²) in [4.78, 5) is 30.8. The number of fused-ring (bicyclic) bond motifs is 1. The van der Waals surface area contributed by atoms with E-state index in [0.717, 1.165) is 22.5 Å². The van der Waals surface area contributed by atoms with Crippen molar-refractivity contribution in [2.24, 2.45) is 0 Å². The lowest BCUT2D eigenvalue weighted by Crippen LogP contribution is -2.17. The van der Waals surface area contributed by atoms with E-state index in [-0.39, 0.29) is 17.4 Å². The topological polar surface area (TPSA) is 73.2 Å². The molecule has 1 amide bonds. The Balaban J connectivity index is 1.38. The number of hydrogen-bond donors (Lipinski definition) is 1. The number of thioether (sulfide) groups is 1. The van der Waals surface area contributed by atoms with Gasteiger partial charge in [0.25, 0.3) is 0 Å². The number of carbonyl (C=O) groups is 2. The van der Waals surface area contributed by atoms with Crippen LogP contribution in [0.1, 0.15) is 15.9 Å². The second-order valence-electron chi connectivity index (χ2n) is 8.14. The summed E-state index contributed by atoms with van der Waals surface area (Å²) in [6, 6.07) is 29.2. The van der Waals surface area contributed by atoms with Gasteiger partial charge in [-0.1, -0.05) is 65.8 Å². The van der Waals surface area contributed by atoms with Crippen LogP contribution in [0.15, 0.2) is 102 Å². The number of halogens is 1. The molecule has 0 aliphatic carbocycles. The van der Waals surface area contributed by atoms with Crippen LogP contribution in [0.3, 0.4) is 0 Å². The number of nitrogens with zero attached hydrogens (tertiary/aromatic N) is 2. The summed E-state index contributed by atoms with van der Waals surface area (Å²) in [6.45, 7) is 0. The van der Waals surface area contributed by atoms with Gasteiger partial charge >= 0.3 is 0 Å². The molecule has 8 heteroatoms. The van der Waals surface area contributed by atoms with Crippen molar-refractivity contribution in [1.82, 2.24) is 9.55 Å². The van der Waals surface area contributed by atoms with Gasteiger partial charge in [-0.3, -0.25) is 14.2 Å². The van der Waals surface area contributed by atoms with Crippen molar-refractivity contribution >= 4 is 51.8 Å². The molecule has 6 nitrogen and oxygen atoms in total. The van der Waals surface area contributed by atoms with Crippen molar-refractivity contribution < 1.29 is 14.3 Å². The molecule has 0 aliphatic rings. The van der Waals surface area contributed by atoms with E-state index in [0.29, 0.717) is 27.0 Å². The predicted octanol–water partition coefficient (Wildman–Crippen LogP) is 6.65. The van der Waals surface area contributed by atoms with Crippen LogP contribution in [0.4, 0.5) is 5.69 Å². The van der Waals surface area contributed by atoms with Crippen LogP contribution < -0.4 is 10.1 Å². The highest BCUT2D eigenvalue weighted by Crippen LogP contribution is 2.30. The van der Waals surface area contributed by atoms with Gasteiger partial charge in [-0.15, -0.1) is 0 Å². The third-order valence-electron chi connectivity index (χ3n) is 5.73. The minimum Gasteiger partial charge on any atom is -0.497 e. The van der Waals surface area contributed by atoms with Gasteiger partial charge in [0.1, 0.15) is 5.75 Å². The number of hydrogen-bond acceptors (Lipinski definition) is 5. The van der Waals surface area contributed by atoms with Crippen LogP contribution >= 0.6 is 23.4 Å². The van der Waals surface area contributed by atoms with Crippen molar-refractivity contribution in [3.8, 4) is 11.4 Å². The summed E-state index contributed by atoms with van der Waals surface area (Å²) in [6.07, 6.45) is 0. The summed E-state index contributed by atoms with van der Waals surface area (Å²) in [7, 11) is 1.63. The maximum Gasteiger partial charge on any atom is 0.234 e. The fourth-order valence-electron chi connectivity index (χ4n) is 3.96. The highest BCUT2D eigenvalue weighted by molar-refractivity contribution is 7.99. The standard InChI is InChI=1S/C29H22ClN3O3S/c1-36-22-14-12-21(13-15-22)33-26-10-6-5-9-25(26)32-29(33)37-18-27(34)31-24-16-11-20(30)17-23(24)28(35)19-7-3-2-4-8-19/h2-17H,18H2,1H3,(H,31,34). The van der Waals surface area contributed by atoms with Crippen molar-refractivity contribution in [3.63, 3.8) is 0 Å². The quantitative estimate of drug-likeness (QED) is 0.181. The van der Waals surface area contributed by atoms with E-state index in [4.69, 9.17) is 21.3 Å². The summed E-state index contributed by atoms with van der Waals surface area (Å²) in [5.41, 5.74) is 3.93. The highest BCUT2D eigenvalue weighted by atomic mass is 35.5. The van der Waals surface area contributed by atoms with Crippen molar-refractivity contribution in [1.29, 1.82) is 0 Å². The Hall–Kier alpha value is -4.07. The van der Waals surface area contributed by atoms with Crippen molar-refractivity contribution in [3.05, 3.63) is 113 Å². The monoisotopic (exact) mass is 527 g/mol. The molecule has 1 heterocycles. The van der Waals surface area contributed by atoms with Crippen LogP contribution in [-0.4, -0.2) is 34.1 Å². The minimum atomic E-state index is -0.261. The van der Waals surface area contributed by atoms with E-state index in [2.05, 4.69) is 5.32 Å². The minimum absolute atomic E-state index is 0.0983. The predicted molar refractivity (Wildman–Crippen MR) is 148 cm³/mol. The number of anilines is 1.